The van der Waals surface area contributed by atoms with E-state index in [1.165, 1.54) is 0 Å². The minimum Gasteiger partial charge on any atom is -0.365 e. The maximum atomic E-state index is 8.64. The average molecular weight is 157 g/mol. The molecule has 0 spiro atoms. The van der Waals surface area contributed by atoms with E-state index in [9.17, 15) is 0 Å². The summed E-state index contributed by atoms with van der Waals surface area (Å²) in [5.74, 6) is 0.858. The summed E-state index contributed by atoms with van der Waals surface area (Å²) in [6.45, 7) is 0.584. The molecule has 2 rings (SSSR count). The van der Waals surface area contributed by atoms with Crippen LogP contribution in [0.25, 0.3) is 6.08 Å². The van der Waals surface area contributed by atoms with Crippen molar-refractivity contribution in [3.05, 3.63) is 29.5 Å². The number of hydrogen-bond acceptors (Lipinski definition) is 3. The van der Waals surface area contributed by atoms with E-state index in [1.54, 1.807) is 6.20 Å². The maximum Gasteiger partial charge on any atom is 0.133 e. The van der Waals surface area contributed by atoms with E-state index >= 15 is 0 Å². The molecule has 3 nitrogen and oxygen atoms in total. The summed E-state index contributed by atoms with van der Waals surface area (Å²) in [6, 6.07) is 5.91. The van der Waals surface area contributed by atoms with Crippen LogP contribution < -0.4 is 5.32 Å². The normalized spacial score (nSPS) is 13.8. The number of anilines is 1. The fourth-order valence-electron chi connectivity index (χ4n) is 1.17. The Bertz CT molecular complexity index is 374. The molecule has 3 heteroatoms. The lowest BCUT2D eigenvalue weighted by molar-refractivity contribution is 1.17. The van der Waals surface area contributed by atoms with Gasteiger partial charge in [-0.05, 0) is 18.2 Å². The Morgan fingerprint density at radius 2 is 2.50 bits per heavy atom. The van der Waals surface area contributed by atoms with Crippen LogP contribution in [0.1, 0.15) is 5.56 Å². The Hall–Kier alpha value is -1.82. The minimum atomic E-state index is 0.584. The largest absolute Gasteiger partial charge is 0.365 e. The third-order valence-electron chi connectivity index (χ3n) is 1.76. The van der Waals surface area contributed by atoms with Gasteiger partial charge in [0.25, 0.3) is 0 Å². The number of aromatic nitrogens is 1. The van der Waals surface area contributed by atoms with Crippen molar-refractivity contribution in [2.24, 2.45) is 0 Å². The fourth-order valence-corrected chi connectivity index (χ4v) is 1.17. The van der Waals surface area contributed by atoms with Gasteiger partial charge in [-0.3, -0.25) is 0 Å². The van der Waals surface area contributed by atoms with Crippen LogP contribution in [0.2, 0.25) is 0 Å². The van der Waals surface area contributed by atoms with Gasteiger partial charge in [0.1, 0.15) is 5.82 Å². The molecule has 0 aromatic carbocycles. The van der Waals surface area contributed by atoms with Crippen LogP contribution in [0.15, 0.2) is 23.9 Å². The van der Waals surface area contributed by atoms with Gasteiger partial charge >= 0.3 is 0 Å². The first kappa shape index (κ1) is 6.86. The van der Waals surface area contributed by atoms with E-state index < -0.39 is 0 Å². The maximum absolute atomic E-state index is 8.64. The number of rotatable bonds is 0. The zero-order valence-electron chi connectivity index (χ0n) is 6.41. The molecule has 1 aromatic heterocycles. The molecule has 0 saturated carbocycles. The molecule has 0 aliphatic carbocycles. The van der Waals surface area contributed by atoms with Gasteiger partial charge in [-0.2, -0.15) is 5.26 Å². The summed E-state index contributed by atoms with van der Waals surface area (Å²) in [5.41, 5.74) is 1.73. The Morgan fingerprint density at radius 3 is 3.33 bits per heavy atom. The molecule has 1 aromatic rings. The lowest BCUT2D eigenvalue weighted by Gasteiger charge is -2.12. The number of nitriles is 1. The van der Waals surface area contributed by atoms with Crippen LogP contribution in [-0.2, 0) is 0 Å². The zero-order valence-corrected chi connectivity index (χ0v) is 6.41. The lowest BCUT2D eigenvalue weighted by Crippen LogP contribution is -2.10. The Morgan fingerprint density at radius 1 is 1.58 bits per heavy atom. The van der Waals surface area contributed by atoms with Crippen LogP contribution >= 0.6 is 0 Å². The molecule has 0 unspecified atom stereocenters. The van der Waals surface area contributed by atoms with Crippen LogP contribution in [-0.4, -0.2) is 11.5 Å². The van der Waals surface area contributed by atoms with Crippen LogP contribution in [0.3, 0.4) is 0 Å². The van der Waals surface area contributed by atoms with Gasteiger partial charge in [0, 0.05) is 17.3 Å². The Kier molecular flexibility index (Phi) is 1.52. The van der Waals surface area contributed by atoms with Crippen LogP contribution in [0.4, 0.5) is 5.82 Å². The van der Waals surface area contributed by atoms with E-state index in [2.05, 4.69) is 16.4 Å². The van der Waals surface area contributed by atoms with E-state index in [-0.39, 0.29) is 0 Å². The second-order valence-corrected chi connectivity index (χ2v) is 2.58. The summed E-state index contributed by atoms with van der Waals surface area (Å²) in [5, 5.41) is 11.7. The average Bonchev–Trinajstić information content (AvgIpc) is 2.17. The molecule has 58 valence electrons. The van der Waals surface area contributed by atoms with E-state index in [0.717, 1.165) is 17.0 Å². The van der Waals surface area contributed by atoms with Crippen molar-refractivity contribution in [3.63, 3.8) is 0 Å². The number of nitrogens with one attached hydrogen (secondary N) is 1. The van der Waals surface area contributed by atoms with Crippen molar-refractivity contribution < 1.29 is 0 Å². The third kappa shape index (κ3) is 1.04. The molecule has 2 heterocycles. The minimum absolute atomic E-state index is 0.584. The summed E-state index contributed by atoms with van der Waals surface area (Å²) >= 11 is 0. The highest BCUT2D eigenvalue weighted by molar-refractivity contribution is 5.71. The molecule has 0 atom stereocenters. The second-order valence-electron chi connectivity index (χ2n) is 2.58. The highest BCUT2D eigenvalue weighted by atomic mass is 15.0. The van der Waals surface area contributed by atoms with Crippen molar-refractivity contribution in [2.45, 2.75) is 0 Å². The fraction of sp³-hybridized carbons (Fsp3) is 0.111. The molecule has 1 aliphatic heterocycles. The van der Waals surface area contributed by atoms with Gasteiger partial charge in [0.15, 0.2) is 0 Å². The molecule has 0 radical (unpaired) electrons. The van der Waals surface area contributed by atoms with Crippen molar-refractivity contribution in [3.8, 4) is 6.07 Å². The monoisotopic (exact) mass is 157 g/mol. The SMILES string of the molecule is N#CC1=Cc2cccnc2NC1. The molecular formula is C9H7N3. The first-order valence-electron chi connectivity index (χ1n) is 3.70. The molecular weight excluding hydrogens is 150 g/mol. The number of hydrogen-bond donors (Lipinski definition) is 1. The summed E-state index contributed by atoms with van der Waals surface area (Å²) < 4.78 is 0. The summed E-state index contributed by atoms with van der Waals surface area (Å²) in [6.07, 6.45) is 3.59. The molecule has 1 N–H and O–H groups in total. The first-order chi connectivity index (χ1) is 5.90. The van der Waals surface area contributed by atoms with Gasteiger partial charge in [-0.1, -0.05) is 0 Å². The van der Waals surface area contributed by atoms with Crippen molar-refractivity contribution >= 4 is 11.9 Å². The standard InChI is InChI=1S/C9H7N3/c10-5-7-4-8-2-1-3-11-9(8)12-6-7/h1-4H,6H2,(H,11,12). The third-order valence-corrected chi connectivity index (χ3v) is 1.76. The molecule has 0 bridgehead atoms. The number of fused-ring (bicyclic) bond motifs is 1. The topological polar surface area (TPSA) is 48.7 Å². The summed E-state index contributed by atoms with van der Waals surface area (Å²) in [4.78, 5) is 4.12. The van der Waals surface area contributed by atoms with Crippen molar-refractivity contribution in [1.29, 1.82) is 5.26 Å². The first-order valence-corrected chi connectivity index (χ1v) is 3.70. The lowest BCUT2D eigenvalue weighted by atomic mass is 10.1. The smallest absolute Gasteiger partial charge is 0.133 e. The number of nitrogens with zero attached hydrogens (tertiary/aromatic N) is 2. The molecule has 12 heavy (non-hydrogen) atoms. The van der Waals surface area contributed by atoms with Gasteiger partial charge in [-0.15, -0.1) is 0 Å². The predicted octanol–water partition coefficient (Wildman–Crippen LogP) is 1.41. The second kappa shape index (κ2) is 2.67. The molecule has 0 amide bonds. The van der Waals surface area contributed by atoms with Gasteiger partial charge in [-0.25, -0.2) is 4.98 Å². The van der Waals surface area contributed by atoms with Gasteiger partial charge in [0.2, 0.25) is 0 Å². The molecule has 0 saturated heterocycles. The van der Waals surface area contributed by atoms with Crippen molar-refractivity contribution in [1.82, 2.24) is 4.98 Å². The summed E-state index contributed by atoms with van der Waals surface area (Å²) in [7, 11) is 0. The quantitative estimate of drug-likeness (QED) is 0.619. The van der Waals surface area contributed by atoms with Crippen LogP contribution in [0, 0.1) is 11.3 Å². The van der Waals surface area contributed by atoms with E-state index in [0.29, 0.717) is 6.54 Å². The highest BCUT2D eigenvalue weighted by Gasteiger charge is 2.08. The Labute approximate surface area is 70.4 Å². The van der Waals surface area contributed by atoms with Crippen LogP contribution in [0.5, 0.6) is 0 Å². The zero-order chi connectivity index (χ0) is 8.39. The highest BCUT2D eigenvalue weighted by Crippen LogP contribution is 2.19. The van der Waals surface area contributed by atoms with Crippen molar-refractivity contribution in [2.75, 3.05) is 11.9 Å². The number of pyridine rings is 1. The van der Waals surface area contributed by atoms with E-state index in [4.69, 9.17) is 5.26 Å². The van der Waals surface area contributed by atoms with Gasteiger partial charge < -0.3 is 5.32 Å². The van der Waals surface area contributed by atoms with Gasteiger partial charge in [0.05, 0.1) is 12.6 Å². The van der Waals surface area contributed by atoms with E-state index in [1.807, 2.05) is 18.2 Å². The Balaban J connectivity index is 2.49. The predicted molar refractivity (Wildman–Crippen MR) is 46.3 cm³/mol. The molecule has 1 aliphatic rings. The molecule has 0 fully saturated rings.